The summed E-state index contributed by atoms with van der Waals surface area (Å²) in [6, 6.07) is 5.65. The molecule has 0 unspecified atom stereocenters. The average Bonchev–Trinajstić information content (AvgIpc) is 2.84. The maximum absolute atomic E-state index is 12.0. The van der Waals surface area contributed by atoms with Gasteiger partial charge >= 0.3 is 6.36 Å². The van der Waals surface area contributed by atoms with Crippen LogP contribution in [-0.2, 0) is 6.54 Å². The zero-order valence-electron chi connectivity index (χ0n) is 11.9. The summed E-state index contributed by atoms with van der Waals surface area (Å²) in [5, 5.41) is 9.39. The summed E-state index contributed by atoms with van der Waals surface area (Å²) in [6.45, 7) is 4.03. The molecule has 0 bridgehead atoms. The lowest BCUT2D eigenvalue weighted by atomic mass is 10.3. The van der Waals surface area contributed by atoms with Gasteiger partial charge in [0, 0.05) is 30.7 Å². The number of aromatic nitrogens is 1. The first kappa shape index (κ1) is 16.6. The van der Waals surface area contributed by atoms with Crippen LogP contribution in [0.4, 0.5) is 18.9 Å². The number of nitrogens with zero attached hydrogens (tertiary/aromatic N) is 1. The van der Waals surface area contributed by atoms with Crippen molar-refractivity contribution < 1.29 is 17.9 Å². The molecule has 4 nitrogen and oxygen atoms in total. The Hall–Kier alpha value is -1.80. The lowest BCUT2D eigenvalue weighted by Crippen LogP contribution is -2.22. The first-order valence-corrected chi connectivity index (χ1v) is 7.52. The third-order valence-electron chi connectivity index (χ3n) is 2.69. The van der Waals surface area contributed by atoms with Gasteiger partial charge in [0.25, 0.3) is 0 Å². The van der Waals surface area contributed by atoms with Crippen molar-refractivity contribution in [1.29, 1.82) is 0 Å². The Morgan fingerprint density at radius 1 is 1.18 bits per heavy atom. The second kappa shape index (κ2) is 7.46. The molecule has 120 valence electrons. The zero-order valence-corrected chi connectivity index (χ0v) is 12.7. The monoisotopic (exact) mass is 331 g/mol. The van der Waals surface area contributed by atoms with Crippen LogP contribution in [-0.4, -0.2) is 24.4 Å². The molecule has 2 N–H and O–H groups in total. The number of halogens is 3. The Morgan fingerprint density at radius 2 is 1.91 bits per heavy atom. The van der Waals surface area contributed by atoms with Crippen molar-refractivity contribution in [3.63, 3.8) is 0 Å². The highest BCUT2D eigenvalue weighted by Gasteiger charge is 2.30. The number of aryl methyl sites for hydroxylation is 1. The summed E-state index contributed by atoms with van der Waals surface area (Å²) in [5.74, 6) is -0.227. The second-order valence-electron chi connectivity index (χ2n) is 4.53. The van der Waals surface area contributed by atoms with Gasteiger partial charge in [-0.2, -0.15) is 0 Å². The van der Waals surface area contributed by atoms with Crippen LogP contribution in [0.3, 0.4) is 0 Å². The van der Waals surface area contributed by atoms with Gasteiger partial charge in [-0.1, -0.05) is 0 Å². The topological polar surface area (TPSA) is 46.2 Å². The molecular formula is C14H16F3N3OS. The predicted molar refractivity (Wildman–Crippen MR) is 80.2 cm³/mol. The van der Waals surface area contributed by atoms with E-state index in [0.29, 0.717) is 13.1 Å². The Bertz CT molecular complexity index is 584. The van der Waals surface area contributed by atoms with Crippen molar-refractivity contribution in [3.8, 4) is 5.75 Å². The summed E-state index contributed by atoms with van der Waals surface area (Å²) in [6.07, 6.45) is -4.66. The molecule has 0 atom stereocenters. The number of ether oxygens (including phenoxy) is 1. The van der Waals surface area contributed by atoms with Crippen molar-refractivity contribution in [3.05, 3.63) is 40.3 Å². The molecule has 0 fully saturated rings. The Balaban J connectivity index is 1.66. The number of rotatable bonds is 7. The van der Waals surface area contributed by atoms with Crippen molar-refractivity contribution in [2.75, 3.05) is 18.4 Å². The van der Waals surface area contributed by atoms with Gasteiger partial charge in [0.2, 0.25) is 0 Å². The van der Waals surface area contributed by atoms with Gasteiger partial charge in [0.1, 0.15) is 5.75 Å². The summed E-state index contributed by atoms with van der Waals surface area (Å²) in [7, 11) is 0. The van der Waals surface area contributed by atoms with E-state index in [-0.39, 0.29) is 5.75 Å². The van der Waals surface area contributed by atoms with E-state index < -0.39 is 6.36 Å². The van der Waals surface area contributed by atoms with E-state index in [4.69, 9.17) is 0 Å². The van der Waals surface area contributed by atoms with Crippen molar-refractivity contribution >= 4 is 17.0 Å². The Kier molecular flexibility index (Phi) is 5.62. The fourth-order valence-electron chi connectivity index (χ4n) is 1.78. The molecule has 1 aromatic heterocycles. The first-order chi connectivity index (χ1) is 10.4. The minimum atomic E-state index is -4.66. The van der Waals surface area contributed by atoms with Gasteiger partial charge in [0.15, 0.2) is 0 Å². The molecule has 0 aliphatic carbocycles. The quantitative estimate of drug-likeness (QED) is 0.762. The molecule has 0 spiro atoms. The molecule has 1 aromatic carbocycles. The van der Waals surface area contributed by atoms with Crippen LogP contribution in [0.15, 0.2) is 29.6 Å². The molecule has 0 radical (unpaired) electrons. The van der Waals surface area contributed by atoms with Gasteiger partial charge in [0.05, 0.1) is 10.7 Å². The number of nitrogens with one attached hydrogen (secondary N) is 2. The molecule has 8 heteroatoms. The zero-order chi connectivity index (χ0) is 16.0. The lowest BCUT2D eigenvalue weighted by molar-refractivity contribution is -0.274. The van der Waals surface area contributed by atoms with Gasteiger partial charge in [-0.15, -0.1) is 24.5 Å². The van der Waals surface area contributed by atoms with E-state index in [9.17, 15) is 13.2 Å². The molecule has 1 heterocycles. The normalized spacial score (nSPS) is 11.5. The standard InChI is InChI=1S/C14H16F3N3OS/c1-10-20-12(9-22-10)8-18-6-7-19-11-2-4-13(5-3-11)21-14(15,16)17/h2-5,9,18-19H,6-8H2,1H3. The van der Waals surface area contributed by atoms with E-state index in [0.717, 1.165) is 22.9 Å². The number of anilines is 1. The maximum atomic E-state index is 12.0. The minimum Gasteiger partial charge on any atom is -0.406 e. The first-order valence-electron chi connectivity index (χ1n) is 6.64. The van der Waals surface area contributed by atoms with Gasteiger partial charge in [-0.05, 0) is 31.2 Å². The number of benzene rings is 1. The number of hydrogen-bond donors (Lipinski definition) is 2. The molecule has 0 saturated heterocycles. The summed E-state index contributed by atoms with van der Waals surface area (Å²) in [4.78, 5) is 4.34. The molecule has 0 aliphatic rings. The van der Waals surface area contributed by atoms with Crippen LogP contribution in [0.5, 0.6) is 5.75 Å². The number of thiazole rings is 1. The smallest absolute Gasteiger partial charge is 0.406 e. The van der Waals surface area contributed by atoms with E-state index in [1.807, 2.05) is 12.3 Å². The van der Waals surface area contributed by atoms with Crippen LogP contribution in [0.1, 0.15) is 10.7 Å². The van der Waals surface area contributed by atoms with Crippen molar-refractivity contribution in [1.82, 2.24) is 10.3 Å². The predicted octanol–water partition coefficient (Wildman–Crippen LogP) is 3.55. The number of alkyl halides is 3. The minimum absolute atomic E-state index is 0.227. The van der Waals surface area contributed by atoms with E-state index in [2.05, 4.69) is 20.4 Å². The highest BCUT2D eigenvalue weighted by atomic mass is 32.1. The largest absolute Gasteiger partial charge is 0.573 e. The summed E-state index contributed by atoms with van der Waals surface area (Å²) < 4.78 is 39.9. The van der Waals surface area contributed by atoms with Crippen LogP contribution < -0.4 is 15.4 Å². The third kappa shape index (κ3) is 5.90. The molecular weight excluding hydrogens is 315 g/mol. The highest BCUT2D eigenvalue weighted by Crippen LogP contribution is 2.23. The van der Waals surface area contributed by atoms with Crippen LogP contribution in [0.2, 0.25) is 0 Å². The third-order valence-corrected chi connectivity index (χ3v) is 3.51. The number of hydrogen-bond acceptors (Lipinski definition) is 5. The Morgan fingerprint density at radius 3 is 2.50 bits per heavy atom. The SMILES string of the molecule is Cc1nc(CNCCNc2ccc(OC(F)(F)F)cc2)cs1. The Labute approximate surface area is 130 Å². The van der Waals surface area contributed by atoms with Crippen LogP contribution in [0.25, 0.3) is 0 Å². The van der Waals surface area contributed by atoms with E-state index in [1.54, 1.807) is 23.5 Å². The molecule has 2 aromatic rings. The van der Waals surface area contributed by atoms with Crippen molar-refractivity contribution in [2.24, 2.45) is 0 Å². The second-order valence-corrected chi connectivity index (χ2v) is 5.60. The molecule has 2 rings (SSSR count). The van der Waals surface area contributed by atoms with Gasteiger partial charge in [-0.25, -0.2) is 4.98 Å². The molecule has 0 aliphatic heterocycles. The fraction of sp³-hybridized carbons (Fsp3) is 0.357. The van der Waals surface area contributed by atoms with E-state index in [1.165, 1.54) is 12.1 Å². The maximum Gasteiger partial charge on any atom is 0.573 e. The highest BCUT2D eigenvalue weighted by molar-refractivity contribution is 7.09. The summed E-state index contributed by atoms with van der Waals surface area (Å²) in [5.41, 5.74) is 1.75. The summed E-state index contributed by atoms with van der Waals surface area (Å²) >= 11 is 1.61. The van der Waals surface area contributed by atoms with Crippen LogP contribution in [0, 0.1) is 6.92 Å². The van der Waals surface area contributed by atoms with Crippen molar-refractivity contribution in [2.45, 2.75) is 19.8 Å². The average molecular weight is 331 g/mol. The molecule has 22 heavy (non-hydrogen) atoms. The van der Waals surface area contributed by atoms with E-state index >= 15 is 0 Å². The lowest BCUT2D eigenvalue weighted by Gasteiger charge is -2.10. The van der Waals surface area contributed by atoms with Crippen LogP contribution >= 0.6 is 11.3 Å². The molecule has 0 amide bonds. The van der Waals surface area contributed by atoms with Gasteiger partial charge < -0.3 is 15.4 Å². The molecule has 0 saturated carbocycles. The fourth-order valence-corrected chi connectivity index (χ4v) is 2.39. The van der Waals surface area contributed by atoms with Gasteiger partial charge in [-0.3, -0.25) is 0 Å².